The van der Waals surface area contributed by atoms with Gasteiger partial charge in [-0.05, 0) is 35.6 Å². The standard InChI is InChI=1S/C18H17N3O2S/c1-2-13-6-3-4-7-14(13)19-17(22)12-21-18(23)10-9-15(20-21)16-8-5-11-24-16/h3-11H,2,12H2,1H3,(H,19,22). The van der Waals surface area contributed by atoms with Crippen LogP contribution in [0.25, 0.3) is 10.6 Å². The van der Waals surface area contributed by atoms with E-state index < -0.39 is 0 Å². The second-order valence-corrected chi connectivity index (χ2v) is 6.20. The molecule has 0 saturated carbocycles. The minimum Gasteiger partial charge on any atom is -0.324 e. The normalized spacial score (nSPS) is 10.5. The van der Waals surface area contributed by atoms with E-state index in [1.54, 1.807) is 6.07 Å². The maximum Gasteiger partial charge on any atom is 0.267 e. The summed E-state index contributed by atoms with van der Waals surface area (Å²) < 4.78 is 1.19. The lowest BCUT2D eigenvalue weighted by Gasteiger charge is -2.10. The smallest absolute Gasteiger partial charge is 0.267 e. The summed E-state index contributed by atoms with van der Waals surface area (Å²) in [5.74, 6) is -0.270. The van der Waals surface area contributed by atoms with Gasteiger partial charge in [0.05, 0.1) is 4.88 Å². The molecule has 2 aromatic heterocycles. The summed E-state index contributed by atoms with van der Waals surface area (Å²) in [4.78, 5) is 25.2. The van der Waals surface area contributed by atoms with Crippen LogP contribution in [0, 0.1) is 0 Å². The van der Waals surface area contributed by atoms with Crippen LogP contribution in [0.5, 0.6) is 0 Å². The second kappa shape index (κ2) is 7.23. The van der Waals surface area contributed by atoms with Gasteiger partial charge in [-0.15, -0.1) is 11.3 Å². The van der Waals surface area contributed by atoms with Crippen molar-refractivity contribution in [2.24, 2.45) is 0 Å². The number of amides is 1. The Labute approximate surface area is 143 Å². The van der Waals surface area contributed by atoms with Crippen LogP contribution in [0.4, 0.5) is 5.69 Å². The van der Waals surface area contributed by atoms with Crippen molar-refractivity contribution in [1.82, 2.24) is 9.78 Å². The first-order valence-electron chi connectivity index (χ1n) is 7.67. The van der Waals surface area contributed by atoms with Crippen molar-refractivity contribution in [1.29, 1.82) is 0 Å². The van der Waals surface area contributed by atoms with E-state index in [4.69, 9.17) is 0 Å². The minimum absolute atomic E-state index is 0.115. The first-order valence-corrected chi connectivity index (χ1v) is 8.55. The number of nitrogens with one attached hydrogen (secondary N) is 1. The van der Waals surface area contributed by atoms with Gasteiger partial charge >= 0.3 is 0 Å². The molecule has 0 unspecified atom stereocenters. The van der Waals surface area contributed by atoms with E-state index >= 15 is 0 Å². The monoisotopic (exact) mass is 339 g/mol. The fourth-order valence-electron chi connectivity index (χ4n) is 2.39. The second-order valence-electron chi connectivity index (χ2n) is 5.25. The molecule has 5 nitrogen and oxygen atoms in total. The number of rotatable bonds is 5. The highest BCUT2D eigenvalue weighted by Gasteiger charge is 2.10. The van der Waals surface area contributed by atoms with Crippen LogP contribution in [-0.2, 0) is 17.8 Å². The van der Waals surface area contributed by atoms with Crippen molar-refractivity contribution >= 4 is 22.9 Å². The van der Waals surface area contributed by atoms with E-state index in [1.165, 1.54) is 22.1 Å². The zero-order chi connectivity index (χ0) is 16.9. The number of hydrogen-bond donors (Lipinski definition) is 1. The number of benzene rings is 1. The fourth-order valence-corrected chi connectivity index (χ4v) is 3.08. The van der Waals surface area contributed by atoms with Gasteiger partial charge in [-0.3, -0.25) is 9.59 Å². The van der Waals surface area contributed by atoms with E-state index in [0.717, 1.165) is 22.5 Å². The highest BCUT2D eigenvalue weighted by molar-refractivity contribution is 7.13. The Kier molecular flexibility index (Phi) is 4.86. The van der Waals surface area contributed by atoms with E-state index in [1.807, 2.05) is 48.7 Å². The Balaban J connectivity index is 1.79. The number of anilines is 1. The summed E-state index contributed by atoms with van der Waals surface area (Å²) >= 11 is 1.54. The third kappa shape index (κ3) is 3.60. The predicted molar refractivity (Wildman–Crippen MR) is 96.3 cm³/mol. The van der Waals surface area contributed by atoms with Gasteiger partial charge in [-0.2, -0.15) is 5.10 Å². The average molecular weight is 339 g/mol. The molecule has 3 aromatic rings. The van der Waals surface area contributed by atoms with Crippen molar-refractivity contribution < 1.29 is 4.79 Å². The van der Waals surface area contributed by atoms with Crippen LogP contribution >= 0.6 is 11.3 Å². The van der Waals surface area contributed by atoms with Crippen molar-refractivity contribution in [2.75, 3.05) is 5.32 Å². The lowest BCUT2D eigenvalue weighted by molar-refractivity contribution is -0.117. The molecule has 0 spiro atoms. The Morgan fingerprint density at radius 1 is 1.17 bits per heavy atom. The Bertz CT molecular complexity index is 901. The molecule has 1 aromatic carbocycles. The summed E-state index contributed by atoms with van der Waals surface area (Å²) in [6.45, 7) is 1.91. The number of thiophene rings is 1. The van der Waals surface area contributed by atoms with Crippen molar-refractivity contribution in [3.8, 4) is 10.6 Å². The highest BCUT2D eigenvalue weighted by Crippen LogP contribution is 2.21. The molecule has 122 valence electrons. The number of aryl methyl sites for hydroxylation is 1. The van der Waals surface area contributed by atoms with Gasteiger partial charge in [0.25, 0.3) is 5.56 Å². The molecule has 0 aliphatic heterocycles. The quantitative estimate of drug-likeness (QED) is 0.776. The summed E-state index contributed by atoms with van der Waals surface area (Å²) in [7, 11) is 0. The molecule has 1 N–H and O–H groups in total. The molecule has 3 rings (SSSR count). The largest absolute Gasteiger partial charge is 0.324 e. The molecule has 0 atom stereocenters. The van der Waals surface area contributed by atoms with E-state index in [0.29, 0.717) is 5.69 Å². The third-order valence-electron chi connectivity index (χ3n) is 3.61. The van der Waals surface area contributed by atoms with Gasteiger partial charge < -0.3 is 5.32 Å². The van der Waals surface area contributed by atoms with Crippen LogP contribution < -0.4 is 10.9 Å². The van der Waals surface area contributed by atoms with Crippen molar-refractivity contribution in [3.63, 3.8) is 0 Å². The molecule has 24 heavy (non-hydrogen) atoms. The number of carbonyl (C=O) groups excluding carboxylic acids is 1. The van der Waals surface area contributed by atoms with E-state index in [-0.39, 0.29) is 18.0 Å². The number of aromatic nitrogens is 2. The van der Waals surface area contributed by atoms with Gasteiger partial charge in [0.2, 0.25) is 5.91 Å². The summed E-state index contributed by atoms with van der Waals surface area (Å²) in [6.07, 6.45) is 0.822. The lowest BCUT2D eigenvalue weighted by atomic mass is 10.1. The van der Waals surface area contributed by atoms with Gasteiger partial charge in [0.1, 0.15) is 12.2 Å². The number of nitrogens with zero attached hydrogens (tertiary/aromatic N) is 2. The molecule has 0 radical (unpaired) electrons. The molecule has 1 amide bonds. The maximum absolute atomic E-state index is 12.3. The Hall–Kier alpha value is -2.73. The molecule has 0 fully saturated rings. The van der Waals surface area contributed by atoms with Crippen LogP contribution in [-0.4, -0.2) is 15.7 Å². The maximum atomic E-state index is 12.3. The molecule has 0 aliphatic rings. The van der Waals surface area contributed by atoms with E-state index in [2.05, 4.69) is 10.4 Å². The molecule has 0 bridgehead atoms. The molecule has 0 aliphatic carbocycles. The van der Waals surface area contributed by atoms with Crippen LogP contribution in [0.15, 0.2) is 58.7 Å². The summed E-state index contributed by atoms with van der Waals surface area (Å²) in [6, 6.07) is 14.6. The lowest BCUT2D eigenvalue weighted by Crippen LogP contribution is -2.29. The number of para-hydroxylation sites is 1. The van der Waals surface area contributed by atoms with Crippen molar-refractivity contribution in [2.45, 2.75) is 19.9 Å². The topological polar surface area (TPSA) is 64.0 Å². The predicted octanol–water partition coefficient (Wildman–Crippen LogP) is 3.17. The molecule has 2 heterocycles. The highest BCUT2D eigenvalue weighted by atomic mass is 32.1. The van der Waals surface area contributed by atoms with Gasteiger partial charge in [0.15, 0.2) is 0 Å². The molecule has 0 saturated heterocycles. The zero-order valence-electron chi connectivity index (χ0n) is 13.2. The van der Waals surface area contributed by atoms with Gasteiger partial charge in [-0.1, -0.05) is 31.2 Å². The number of carbonyl (C=O) groups is 1. The van der Waals surface area contributed by atoms with Crippen LogP contribution in [0.3, 0.4) is 0 Å². The summed E-state index contributed by atoms with van der Waals surface area (Å²) in [5, 5.41) is 9.09. The summed E-state index contributed by atoms with van der Waals surface area (Å²) in [5.41, 5.74) is 2.21. The number of hydrogen-bond acceptors (Lipinski definition) is 4. The zero-order valence-corrected chi connectivity index (χ0v) is 14.0. The third-order valence-corrected chi connectivity index (χ3v) is 4.50. The minimum atomic E-state index is -0.297. The molecule has 6 heteroatoms. The first-order chi connectivity index (χ1) is 11.7. The van der Waals surface area contributed by atoms with E-state index in [9.17, 15) is 9.59 Å². The van der Waals surface area contributed by atoms with Gasteiger partial charge in [-0.25, -0.2) is 4.68 Å². The SMILES string of the molecule is CCc1ccccc1NC(=O)Cn1nc(-c2cccs2)ccc1=O. The molecular formula is C18H17N3O2S. The van der Waals surface area contributed by atoms with Crippen LogP contribution in [0.2, 0.25) is 0 Å². The molecular weight excluding hydrogens is 322 g/mol. The first kappa shape index (κ1) is 16.1. The van der Waals surface area contributed by atoms with Crippen molar-refractivity contribution in [3.05, 3.63) is 69.8 Å². The Morgan fingerprint density at radius 2 is 2.00 bits per heavy atom. The average Bonchev–Trinajstić information content (AvgIpc) is 3.12. The van der Waals surface area contributed by atoms with Crippen LogP contribution in [0.1, 0.15) is 12.5 Å². The fraction of sp³-hybridized carbons (Fsp3) is 0.167. The van der Waals surface area contributed by atoms with Gasteiger partial charge in [0, 0.05) is 11.8 Å². The Morgan fingerprint density at radius 3 is 2.75 bits per heavy atom.